The Balaban J connectivity index is 2.32. The van der Waals surface area contributed by atoms with Gasteiger partial charge >= 0.3 is 6.03 Å². The van der Waals surface area contributed by atoms with Crippen molar-refractivity contribution in [1.82, 2.24) is 10.6 Å². The maximum Gasteiger partial charge on any atom is 0.319 e. The van der Waals surface area contributed by atoms with E-state index in [0.717, 1.165) is 10.9 Å². The Morgan fingerprint density at radius 1 is 1.26 bits per heavy atom. The van der Waals surface area contributed by atoms with E-state index < -0.39 is 6.03 Å². The second-order valence-corrected chi connectivity index (χ2v) is 5.11. The number of carbonyl (C=O) groups excluding carboxylic acids is 2. The molecule has 0 radical (unpaired) electrons. The fourth-order valence-electron chi connectivity index (χ4n) is 1.30. The van der Waals surface area contributed by atoms with Gasteiger partial charge in [0.1, 0.15) is 0 Å². The Labute approximate surface area is 121 Å². The average Bonchev–Trinajstić information content (AvgIpc) is 2.39. The van der Waals surface area contributed by atoms with E-state index in [4.69, 9.17) is 0 Å². The van der Waals surface area contributed by atoms with Gasteiger partial charge in [0.15, 0.2) is 0 Å². The van der Waals surface area contributed by atoms with E-state index in [1.165, 1.54) is 0 Å². The minimum atomic E-state index is -0.401. The molecule has 0 aliphatic heterocycles. The molecule has 1 rings (SSSR count). The second-order valence-electron chi connectivity index (χ2n) is 4.19. The highest BCUT2D eigenvalue weighted by molar-refractivity contribution is 9.10. The van der Waals surface area contributed by atoms with Crippen molar-refractivity contribution >= 4 is 33.6 Å². The van der Waals surface area contributed by atoms with Crippen molar-refractivity contribution in [1.29, 1.82) is 0 Å². The highest BCUT2D eigenvalue weighted by atomic mass is 79.9. The van der Waals surface area contributed by atoms with Crippen LogP contribution in [0.1, 0.15) is 20.3 Å². The first kappa shape index (κ1) is 15.5. The summed E-state index contributed by atoms with van der Waals surface area (Å²) in [5, 5.41) is 7.91. The molecule has 1 unspecified atom stereocenters. The van der Waals surface area contributed by atoms with Crippen molar-refractivity contribution in [3.05, 3.63) is 28.7 Å². The van der Waals surface area contributed by atoms with Gasteiger partial charge in [-0.25, -0.2) is 4.79 Å². The van der Waals surface area contributed by atoms with Crippen LogP contribution in [0.15, 0.2) is 28.7 Å². The third kappa shape index (κ3) is 6.24. The lowest BCUT2D eigenvalue weighted by atomic mass is 10.2. The highest BCUT2D eigenvalue weighted by Gasteiger charge is 2.07. The molecule has 3 N–H and O–H groups in total. The number of benzene rings is 1. The van der Waals surface area contributed by atoms with Crippen molar-refractivity contribution in [3.63, 3.8) is 0 Å². The standard InChI is InChI=1S/C13H18BrN3O2/c1-3-9(2)16-12(18)8-15-13(19)17-11-6-4-10(14)5-7-11/h4-7,9H,3,8H2,1-2H3,(H,16,18)(H2,15,17,19). The summed E-state index contributed by atoms with van der Waals surface area (Å²) >= 11 is 3.31. The predicted octanol–water partition coefficient (Wildman–Crippen LogP) is 2.49. The number of anilines is 1. The third-order valence-electron chi connectivity index (χ3n) is 2.53. The molecule has 0 saturated carbocycles. The number of amides is 3. The molecule has 0 bridgehead atoms. The number of hydrogen-bond acceptors (Lipinski definition) is 2. The van der Waals surface area contributed by atoms with Gasteiger partial charge in [0.2, 0.25) is 5.91 Å². The maximum atomic E-state index is 11.5. The molecule has 1 aromatic carbocycles. The highest BCUT2D eigenvalue weighted by Crippen LogP contribution is 2.13. The van der Waals surface area contributed by atoms with E-state index in [2.05, 4.69) is 31.9 Å². The Kier molecular flexibility index (Phi) is 6.35. The Morgan fingerprint density at radius 2 is 1.89 bits per heavy atom. The zero-order valence-electron chi connectivity index (χ0n) is 11.0. The molecule has 3 amide bonds. The molecule has 0 spiro atoms. The van der Waals surface area contributed by atoms with Crippen LogP contribution < -0.4 is 16.0 Å². The van der Waals surface area contributed by atoms with Gasteiger partial charge in [0.25, 0.3) is 0 Å². The zero-order chi connectivity index (χ0) is 14.3. The van der Waals surface area contributed by atoms with Crippen molar-refractivity contribution in [2.24, 2.45) is 0 Å². The molecule has 0 heterocycles. The lowest BCUT2D eigenvalue weighted by Crippen LogP contribution is -2.41. The SMILES string of the molecule is CCC(C)NC(=O)CNC(=O)Nc1ccc(Br)cc1. The fraction of sp³-hybridized carbons (Fsp3) is 0.385. The van der Waals surface area contributed by atoms with Crippen molar-refractivity contribution < 1.29 is 9.59 Å². The van der Waals surface area contributed by atoms with Gasteiger partial charge in [-0.3, -0.25) is 4.79 Å². The lowest BCUT2D eigenvalue weighted by molar-refractivity contribution is -0.120. The van der Waals surface area contributed by atoms with Gasteiger partial charge in [-0.15, -0.1) is 0 Å². The van der Waals surface area contributed by atoms with Crippen LogP contribution in [-0.4, -0.2) is 24.5 Å². The molecule has 1 aromatic rings. The molecule has 1 atom stereocenters. The van der Waals surface area contributed by atoms with E-state index in [9.17, 15) is 9.59 Å². The summed E-state index contributed by atoms with van der Waals surface area (Å²) in [4.78, 5) is 23.0. The largest absolute Gasteiger partial charge is 0.352 e. The molecule has 19 heavy (non-hydrogen) atoms. The summed E-state index contributed by atoms with van der Waals surface area (Å²) in [6.07, 6.45) is 0.858. The van der Waals surface area contributed by atoms with Crippen LogP contribution in [0.5, 0.6) is 0 Å². The summed E-state index contributed by atoms with van der Waals surface area (Å²) in [6, 6.07) is 6.90. The maximum absolute atomic E-state index is 11.5. The second kappa shape index (κ2) is 7.78. The number of halogens is 1. The van der Waals surface area contributed by atoms with Gasteiger partial charge in [-0.2, -0.15) is 0 Å². The number of hydrogen-bond donors (Lipinski definition) is 3. The molecular formula is C13H18BrN3O2. The zero-order valence-corrected chi connectivity index (χ0v) is 12.6. The molecule has 0 saturated heterocycles. The van der Waals surface area contributed by atoms with Crippen molar-refractivity contribution in [2.45, 2.75) is 26.3 Å². The van der Waals surface area contributed by atoms with E-state index in [1.54, 1.807) is 12.1 Å². The van der Waals surface area contributed by atoms with Gasteiger partial charge in [-0.05, 0) is 37.6 Å². The van der Waals surface area contributed by atoms with Crippen LogP contribution in [-0.2, 0) is 4.79 Å². The molecule has 0 fully saturated rings. The van der Waals surface area contributed by atoms with Gasteiger partial charge in [0, 0.05) is 16.2 Å². The smallest absolute Gasteiger partial charge is 0.319 e. The van der Waals surface area contributed by atoms with Crippen LogP contribution in [0.25, 0.3) is 0 Å². The Hall–Kier alpha value is -1.56. The lowest BCUT2D eigenvalue weighted by Gasteiger charge is -2.12. The fourth-order valence-corrected chi connectivity index (χ4v) is 1.56. The molecule has 104 valence electrons. The third-order valence-corrected chi connectivity index (χ3v) is 3.06. The van der Waals surface area contributed by atoms with Crippen LogP contribution in [0.3, 0.4) is 0 Å². The summed E-state index contributed by atoms with van der Waals surface area (Å²) in [5.74, 6) is -0.194. The molecular weight excluding hydrogens is 310 g/mol. The first-order chi connectivity index (χ1) is 9.01. The first-order valence-electron chi connectivity index (χ1n) is 6.11. The van der Waals surface area contributed by atoms with Crippen molar-refractivity contribution in [2.75, 3.05) is 11.9 Å². The van der Waals surface area contributed by atoms with Crippen molar-refractivity contribution in [3.8, 4) is 0 Å². The molecule has 0 aliphatic carbocycles. The number of carbonyl (C=O) groups is 2. The first-order valence-corrected chi connectivity index (χ1v) is 6.90. The predicted molar refractivity (Wildman–Crippen MR) is 79.1 cm³/mol. The number of urea groups is 1. The molecule has 0 aliphatic rings. The average molecular weight is 328 g/mol. The monoisotopic (exact) mass is 327 g/mol. The van der Waals surface area contributed by atoms with Crippen LogP contribution in [0.4, 0.5) is 10.5 Å². The van der Waals surface area contributed by atoms with Crippen LogP contribution in [0.2, 0.25) is 0 Å². The topological polar surface area (TPSA) is 70.2 Å². The molecule has 5 nitrogen and oxygen atoms in total. The van der Waals surface area contributed by atoms with Gasteiger partial charge < -0.3 is 16.0 Å². The Morgan fingerprint density at radius 3 is 2.47 bits per heavy atom. The Bertz CT molecular complexity index is 434. The van der Waals surface area contributed by atoms with E-state index >= 15 is 0 Å². The molecule has 0 aromatic heterocycles. The minimum Gasteiger partial charge on any atom is -0.352 e. The summed E-state index contributed by atoms with van der Waals surface area (Å²) in [6.45, 7) is 3.87. The van der Waals surface area contributed by atoms with Crippen LogP contribution in [0, 0.1) is 0 Å². The normalized spacial score (nSPS) is 11.5. The summed E-state index contributed by atoms with van der Waals surface area (Å²) in [7, 11) is 0. The summed E-state index contributed by atoms with van der Waals surface area (Å²) < 4.78 is 0.936. The number of rotatable bonds is 5. The van der Waals surface area contributed by atoms with Gasteiger partial charge in [-0.1, -0.05) is 22.9 Å². The van der Waals surface area contributed by atoms with E-state index in [0.29, 0.717) is 5.69 Å². The summed E-state index contributed by atoms with van der Waals surface area (Å²) in [5.41, 5.74) is 0.669. The van der Waals surface area contributed by atoms with E-state index in [-0.39, 0.29) is 18.5 Å². The quantitative estimate of drug-likeness (QED) is 0.777. The minimum absolute atomic E-state index is 0.0350. The number of nitrogens with one attached hydrogen (secondary N) is 3. The van der Waals surface area contributed by atoms with Crippen LogP contribution >= 0.6 is 15.9 Å². The van der Waals surface area contributed by atoms with E-state index in [1.807, 2.05) is 26.0 Å². The molecule has 6 heteroatoms. The van der Waals surface area contributed by atoms with Gasteiger partial charge in [0.05, 0.1) is 6.54 Å².